The third-order valence-electron chi connectivity index (χ3n) is 2.52. The van der Waals surface area contributed by atoms with Crippen LogP contribution in [0.2, 0.25) is 0 Å². The highest BCUT2D eigenvalue weighted by atomic mass is 79.9. The van der Waals surface area contributed by atoms with E-state index in [0.717, 1.165) is 12.2 Å². The van der Waals surface area contributed by atoms with Crippen molar-refractivity contribution in [2.45, 2.75) is 23.0 Å². The lowest BCUT2D eigenvalue weighted by atomic mass is 10.2. The van der Waals surface area contributed by atoms with Gasteiger partial charge in [0, 0.05) is 28.7 Å². The first-order chi connectivity index (χ1) is 8.08. The molecule has 1 unspecified atom stereocenters. The van der Waals surface area contributed by atoms with Gasteiger partial charge in [0.25, 0.3) is 0 Å². The van der Waals surface area contributed by atoms with E-state index < -0.39 is 10.0 Å². The molecule has 0 amide bonds. The van der Waals surface area contributed by atoms with Gasteiger partial charge < -0.3 is 0 Å². The van der Waals surface area contributed by atoms with E-state index in [0.29, 0.717) is 16.3 Å². The molecule has 0 spiro atoms. The second-order valence-corrected chi connectivity index (χ2v) is 7.92. The summed E-state index contributed by atoms with van der Waals surface area (Å²) in [6.07, 6.45) is 5.18. The van der Waals surface area contributed by atoms with Crippen LogP contribution in [-0.4, -0.2) is 30.9 Å². The van der Waals surface area contributed by atoms with Crippen molar-refractivity contribution < 1.29 is 8.42 Å². The summed E-state index contributed by atoms with van der Waals surface area (Å²) in [5.74, 6) is 1.13. The minimum Gasteiger partial charge on any atom is -0.262 e. The van der Waals surface area contributed by atoms with Crippen LogP contribution in [0.15, 0.2) is 27.8 Å². The molecular formula is C10H13BrN2O2S2. The van der Waals surface area contributed by atoms with E-state index in [1.165, 1.54) is 12.6 Å². The number of pyridine rings is 1. The first-order valence-electron chi connectivity index (χ1n) is 5.30. The molecule has 0 aromatic carbocycles. The van der Waals surface area contributed by atoms with Gasteiger partial charge in [-0.05, 0) is 40.6 Å². The number of sulfonamides is 1. The Morgan fingerprint density at radius 2 is 2.35 bits per heavy atom. The van der Waals surface area contributed by atoms with Crippen LogP contribution in [0, 0.1) is 0 Å². The fraction of sp³-hybridized carbons (Fsp3) is 0.500. The molecule has 1 aliphatic rings. The number of nitrogens with one attached hydrogen (secondary N) is 1. The highest BCUT2D eigenvalue weighted by Crippen LogP contribution is 2.25. The molecule has 94 valence electrons. The molecule has 0 aliphatic carbocycles. The molecule has 4 nitrogen and oxygen atoms in total. The fourth-order valence-electron chi connectivity index (χ4n) is 1.63. The van der Waals surface area contributed by atoms with Crippen molar-refractivity contribution in [1.82, 2.24) is 9.71 Å². The predicted octanol–water partition coefficient (Wildman–Crippen LogP) is 2.02. The van der Waals surface area contributed by atoms with Gasteiger partial charge in [-0.3, -0.25) is 4.98 Å². The molecular weight excluding hydrogens is 324 g/mol. The first-order valence-corrected chi connectivity index (χ1v) is 8.62. The Labute approximate surface area is 114 Å². The number of nitrogens with zero attached hydrogens (tertiary/aromatic N) is 1. The topological polar surface area (TPSA) is 59.1 Å². The van der Waals surface area contributed by atoms with Gasteiger partial charge in [0.05, 0.1) is 0 Å². The van der Waals surface area contributed by atoms with E-state index in [-0.39, 0.29) is 4.90 Å². The van der Waals surface area contributed by atoms with Gasteiger partial charge in [-0.1, -0.05) is 0 Å². The standard InChI is InChI=1S/C10H13BrN2O2S2/c11-8-4-10(7-12-5-8)17(14,15)13-6-9-2-1-3-16-9/h4-5,7,9,13H,1-3,6H2. The third kappa shape index (κ3) is 3.67. The number of hydrogen-bond acceptors (Lipinski definition) is 4. The van der Waals surface area contributed by atoms with Gasteiger partial charge in [0.2, 0.25) is 10.0 Å². The Hall–Kier alpha value is -0.110. The molecule has 7 heteroatoms. The van der Waals surface area contributed by atoms with Crippen LogP contribution >= 0.6 is 27.7 Å². The molecule has 17 heavy (non-hydrogen) atoms. The summed E-state index contributed by atoms with van der Waals surface area (Å²) >= 11 is 5.04. The Morgan fingerprint density at radius 3 is 3.00 bits per heavy atom. The molecule has 0 radical (unpaired) electrons. The maximum absolute atomic E-state index is 12.0. The van der Waals surface area contributed by atoms with E-state index in [1.807, 2.05) is 11.8 Å². The highest BCUT2D eigenvalue weighted by molar-refractivity contribution is 9.10. The molecule has 1 saturated heterocycles. The third-order valence-corrected chi connectivity index (χ3v) is 5.74. The van der Waals surface area contributed by atoms with Crippen molar-refractivity contribution in [3.63, 3.8) is 0 Å². The Kier molecular flexibility index (Phi) is 4.46. The fourth-order valence-corrected chi connectivity index (χ4v) is 4.52. The van der Waals surface area contributed by atoms with Gasteiger partial charge in [0.1, 0.15) is 4.90 Å². The average Bonchev–Trinajstić information content (AvgIpc) is 2.79. The Balaban J connectivity index is 2.03. The lowest BCUT2D eigenvalue weighted by molar-refractivity contribution is 0.578. The van der Waals surface area contributed by atoms with Gasteiger partial charge >= 0.3 is 0 Å². The van der Waals surface area contributed by atoms with Crippen LogP contribution < -0.4 is 4.72 Å². The normalized spacial score (nSPS) is 20.6. The second kappa shape index (κ2) is 5.69. The van der Waals surface area contributed by atoms with Crippen molar-refractivity contribution in [2.24, 2.45) is 0 Å². The lowest BCUT2D eigenvalue weighted by Crippen LogP contribution is -2.29. The van der Waals surface area contributed by atoms with E-state index in [9.17, 15) is 8.42 Å². The van der Waals surface area contributed by atoms with Crippen molar-refractivity contribution in [3.8, 4) is 0 Å². The van der Waals surface area contributed by atoms with Gasteiger partial charge in [-0.15, -0.1) is 0 Å². The molecule has 1 atom stereocenters. The van der Waals surface area contributed by atoms with Crippen LogP contribution in [0.4, 0.5) is 0 Å². The highest BCUT2D eigenvalue weighted by Gasteiger charge is 2.20. The first kappa shape index (κ1) is 13.3. The summed E-state index contributed by atoms with van der Waals surface area (Å²) in [7, 11) is -3.43. The minimum absolute atomic E-state index is 0.204. The number of rotatable bonds is 4. The van der Waals surface area contributed by atoms with Crippen molar-refractivity contribution >= 4 is 37.7 Å². The number of thioether (sulfide) groups is 1. The average molecular weight is 337 g/mol. The summed E-state index contributed by atoms with van der Waals surface area (Å²) in [4.78, 5) is 4.06. The van der Waals surface area contributed by atoms with Crippen LogP contribution in [0.1, 0.15) is 12.8 Å². The zero-order valence-electron chi connectivity index (χ0n) is 9.10. The quantitative estimate of drug-likeness (QED) is 0.913. The Morgan fingerprint density at radius 1 is 1.53 bits per heavy atom. The minimum atomic E-state index is -3.43. The van der Waals surface area contributed by atoms with E-state index in [4.69, 9.17) is 0 Å². The van der Waals surface area contributed by atoms with Crippen LogP contribution in [0.5, 0.6) is 0 Å². The zero-order valence-corrected chi connectivity index (χ0v) is 12.3. The SMILES string of the molecule is O=S(=O)(NCC1CCCS1)c1cncc(Br)c1. The summed E-state index contributed by atoms with van der Waals surface area (Å²) in [5.41, 5.74) is 0. The summed E-state index contributed by atoms with van der Waals surface area (Å²) in [6, 6.07) is 1.55. The smallest absolute Gasteiger partial charge is 0.242 e. The predicted molar refractivity (Wildman–Crippen MR) is 72.6 cm³/mol. The molecule has 1 N–H and O–H groups in total. The molecule has 1 aromatic heterocycles. The largest absolute Gasteiger partial charge is 0.262 e. The molecule has 1 fully saturated rings. The molecule has 0 saturated carbocycles. The van der Waals surface area contributed by atoms with Crippen molar-refractivity contribution in [3.05, 3.63) is 22.9 Å². The van der Waals surface area contributed by atoms with Crippen LogP contribution in [-0.2, 0) is 10.0 Å². The van der Waals surface area contributed by atoms with Gasteiger partial charge in [-0.25, -0.2) is 13.1 Å². The number of hydrogen-bond donors (Lipinski definition) is 1. The van der Waals surface area contributed by atoms with Gasteiger partial charge in [0.15, 0.2) is 0 Å². The summed E-state index contributed by atoms with van der Waals surface area (Å²) < 4.78 is 27.2. The molecule has 1 aliphatic heterocycles. The van der Waals surface area contributed by atoms with E-state index in [2.05, 4.69) is 25.6 Å². The summed E-state index contributed by atoms with van der Waals surface area (Å²) in [6.45, 7) is 0.500. The van der Waals surface area contributed by atoms with Gasteiger partial charge in [-0.2, -0.15) is 11.8 Å². The lowest BCUT2D eigenvalue weighted by Gasteiger charge is -2.10. The maximum atomic E-state index is 12.0. The number of aromatic nitrogens is 1. The molecule has 0 bridgehead atoms. The van der Waals surface area contributed by atoms with Crippen molar-refractivity contribution in [1.29, 1.82) is 0 Å². The molecule has 1 aromatic rings. The monoisotopic (exact) mass is 336 g/mol. The van der Waals surface area contributed by atoms with Crippen molar-refractivity contribution in [2.75, 3.05) is 12.3 Å². The molecule has 2 heterocycles. The van der Waals surface area contributed by atoms with Crippen LogP contribution in [0.25, 0.3) is 0 Å². The maximum Gasteiger partial charge on any atom is 0.242 e. The Bertz CT molecular complexity index is 487. The van der Waals surface area contributed by atoms with E-state index >= 15 is 0 Å². The number of halogens is 1. The second-order valence-electron chi connectivity index (χ2n) is 3.83. The van der Waals surface area contributed by atoms with E-state index in [1.54, 1.807) is 12.3 Å². The summed E-state index contributed by atoms with van der Waals surface area (Å²) in [5, 5.41) is 0.407. The zero-order chi connectivity index (χ0) is 12.3. The molecule has 2 rings (SSSR count). The van der Waals surface area contributed by atoms with Crippen LogP contribution in [0.3, 0.4) is 0 Å².